The summed E-state index contributed by atoms with van der Waals surface area (Å²) in [7, 11) is 0. The fraction of sp³-hybridized carbons (Fsp3) is 0. The van der Waals surface area contributed by atoms with Crippen molar-refractivity contribution in [2.75, 3.05) is 0 Å². The molecule has 0 aromatic carbocycles. The molecule has 0 aliphatic carbocycles. The highest BCUT2D eigenvalue weighted by Gasteiger charge is 2.03. The van der Waals surface area contributed by atoms with Gasteiger partial charge in [0.05, 0.1) is 0 Å². The molecule has 0 spiro atoms. The summed E-state index contributed by atoms with van der Waals surface area (Å²) in [6, 6.07) is 0.795. The Hall–Kier alpha value is -1.85. The lowest BCUT2D eigenvalue weighted by Crippen LogP contribution is -2.24. The molecule has 11 heavy (non-hydrogen) atoms. The first kappa shape index (κ1) is 7.26. The number of hydrogen-bond acceptors (Lipinski definition) is 3. The van der Waals surface area contributed by atoms with Gasteiger partial charge in [-0.15, -0.1) is 0 Å². The zero-order chi connectivity index (χ0) is 8.43. The smallest absolute Gasteiger partial charge is 0.352 e. The van der Waals surface area contributed by atoms with Gasteiger partial charge in [0.25, 0.3) is 5.56 Å². The molecule has 0 radical (unpaired) electrons. The van der Waals surface area contributed by atoms with Crippen LogP contribution in [0.25, 0.3) is 0 Å². The first-order valence-electron chi connectivity index (χ1n) is 2.66. The first-order chi connectivity index (χ1) is 5.09. The maximum Gasteiger partial charge on any atom is 0.352 e. The van der Waals surface area contributed by atoms with Gasteiger partial charge >= 0.3 is 11.7 Å². The van der Waals surface area contributed by atoms with Crippen LogP contribution in [0.4, 0.5) is 0 Å². The number of carboxylic acid groups (broad SMARTS) is 1. The summed E-state index contributed by atoms with van der Waals surface area (Å²) in [5, 5.41) is 8.31. The molecule has 0 unspecified atom stereocenters. The van der Waals surface area contributed by atoms with Crippen LogP contribution in [0.2, 0.25) is 0 Å². The minimum Gasteiger partial charge on any atom is -0.477 e. The Morgan fingerprint density at radius 2 is 2.09 bits per heavy atom. The molecule has 0 aliphatic heterocycles. The molecule has 6 nitrogen and oxygen atoms in total. The lowest BCUT2D eigenvalue weighted by Gasteiger charge is -1.89. The second kappa shape index (κ2) is 2.41. The highest BCUT2D eigenvalue weighted by molar-refractivity contribution is 5.84. The second-order valence-corrected chi connectivity index (χ2v) is 1.81. The Morgan fingerprint density at radius 3 is 2.55 bits per heavy atom. The predicted octanol–water partition coefficient (Wildman–Crippen LogP) is -0.993. The Morgan fingerprint density at radius 1 is 1.45 bits per heavy atom. The van der Waals surface area contributed by atoms with E-state index in [1.165, 1.54) is 0 Å². The van der Waals surface area contributed by atoms with E-state index in [2.05, 4.69) is 0 Å². The number of hydrogen-bond donors (Lipinski definition) is 3. The molecular formula is C5H6N2O4. The van der Waals surface area contributed by atoms with Crippen molar-refractivity contribution < 1.29 is 11.3 Å². The topological polar surface area (TPSA) is 103 Å². The van der Waals surface area contributed by atoms with E-state index in [4.69, 9.17) is 5.11 Å². The maximum atomic E-state index is 10.5. The van der Waals surface area contributed by atoms with Crippen molar-refractivity contribution >= 4 is 5.97 Å². The van der Waals surface area contributed by atoms with Crippen molar-refractivity contribution in [1.82, 2.24) is 9.97 Å². The van der Waals surface area contributed by atoms with Crippen molar-refractivity contribution in [1.29, 1.82) is 0 Å². The van der Waals surface area contributed by atoms with E-state index < -0.39 is 22.9 Å². The van der Waals surface area contributed by atoms with Crippen molar-refractivity contribution in [3.8, 4) is 0 Å². The fourth-order valence-electron chi connectivity index (χ4n) is 0.584. The molecule has 0 bridgehead atoms. The summed E-state index contributed by atoms with van der Waals surface area (Å²) in [4.78, 5) is 34.9. The fourth-order valence-corrected chi connectivity index (χ4v) is 0.584. The molecule has 0 atom stereocenters. The summed E-state index contributed by atoms with van der Waals surface area (Å²) < 4.78 is 0. The van der Waals surface area contributed by atoms with Crippen molar-refractivity contribution in [2.45, 2.75) is 0 Å². The molecule has 0 amide bonds. The summed E-state index contributed by atoms with van der Waals surface area (Å²) in [6.45, 7) is 0. The molecule has 3 N–H and O–H groups in total. The van der Waals surface area contributed by atoms with Gasteiger partial charge in [0.1, 0.15) is 5.69 Å². The van der Waals surface area contributed by atoms with E-state index in [1.54, 1.807) is 0 Å². The highest BCUT2D eigenvalue weighted by Crippen LogP contribution is 1.81. The molecule has 1 heterocycles. The lowest BCUT2D eigenvalue weighted by molar-refractivity contribution is 0.0689. The molecule has 0 aliphatic rings. The van der Waals surface area contributed by atoms with Crippen LogP contribution in [0.3, 0.4) is 0 Å². The molecule has 1 aromatic rings. The van der Waals surface area contributed by atoms with Crippen LogP contribution >= 0.6 is 0 Å². The number of aromatic nitrogens is 2. The van der Waals surface area contributed by atoms with E-state index in [-0.39, 0.29) is 1.43 Å². The van der Waals surface area contributed by atoms with E-state index >= 15 is 0 Å². The molecule has 1 aromatic heterocycles. The Bertz CT molecular complexity index is 365. The van der Waals surface area contributed by atoms with Crippen LogP contribution in [-0.4, -0.2) is 21.0 Å². The highest BCUT2D eigenvalue weighted by atomic mass is 16.4. The van der Waals surface area contributed by atoms with Gasteiger partial charge in [-0.2, -0.15) is 0 Å². The van der Waals surface area contributed by atoms with Gasteiger partial charge in [0, 0.05) is 7.49 Å². The molecule has 0 saturated carbocycles. The maximum absolute atomic E-state index is 10.5. The molecule has 1 rings (SSSR count). The van der Waals surface area contributed by atoms with Gasteiger partial charge in [-0.05, 0) is 0 Å². The van der Waals surface area contributed by atoms with Crippen molar-refractivity contribution in [3.63, 3.8) is 0 Å². The molecule has 60 valence electrons. The van der Waals surface area contributed by atoms with E-state index in [0.717, 1.165) is 6.07 Å². The average molecular weight is 158 g/mol. The number of aromatic amines is 2. The molecule has 6 heteroatoms. The number of nitrogens with one attached hydrogen (secondary N) is 2. The van der Waals surface area contributed by atoms with Gasteiger partial charge < -0.3 is 10.1 Å². The molecule has 0 fully saturated rings. The standard InChI is InChI=1S/C5H4N2O4.H2/c8-3-1-2(4(9)10)6-5(11)7-3;/h1H,(H,9,10)(H2,6,7,8,11);1H. The summed E-state index contributed by atoms with van der Waals surface area (Å²) in [6.07, 6.45) is 0. The zero-order valence-electron chi connectivity index (χ0n) is 5.25. The third-order valence-electron chi connectivity index (χ3n) is 0.991. The van der Waals surface area contributed by atoms with Crippen LogP contribution < -0.4 is 11.2 Å². The predicted molar refractivity (Wildman–Crippen MR) is 36.8 cm³/mol. The lowest BCUT2D eigenvalue weighted by atomic mass is 10.4. The number of carbonyl (C=O) groups is 1. The summed E-state index contributed by atoms with van der Waals surface area (Å²) in [5.41, 5.74) is -1.97. The van der Waals surface area contributed by atoms with E-state index in [1.807, 2.05) is 9.97 Å². The number of rotatable bonds is 1. The van der Waals surface area contributed by atoms with Crippen LogP contribution in [0.15, 0.2) is 15.7 Å². The van der Waals surface area contributed by atoms with Crippen molar-refractivity contribution in [2.24, 2.45) is 0 Å². The monoisotopic (exact) mass is 158 g/mol. The van der Waals surface area contributed by atoms with Gasteiger partial charge in [0.15, 0.2) is 0 Å². The van der Waals surface area contributed by atoms with Crippen LogP contribution in [0.5, 0.6) is 0 Å². The van der Waals surface area contributed by atoms with Crippen molar-refractivity contribution in [3.05, 3.63) is 32.6 Å². The third kappa shape index (κ3) is 1.54. The Balaban J connectivity index is 0.00000121. The first-order valence-corrected chi connectivity index (χ1v) is 2.66. The summed E-state index contributed by atoms with van der Waals surface area (Å²) in [5.74, 6) is -1.34. The molecule has 0 saturated heterocycles. The van der Waals surface area contributed by atoms with Crippen LogP contribution in [-0.2, 0) is 0 Å². The van der Waals surface area contributed by atoms with Gasteiger partial charge in [-0.3, -0.25) is 9.78 Å². The largest absolute Gasteiger partial charge is 0.477 e. The van der Waals surface area contributed by atoms with Crippen LogP contribution in [0.1, 0.15) is 11.9 Å². The minimum absolute atomic E-state index is 0. The number of carboxylic acids is 1. The van der Waals surface area contributed by atoms with Gasteiger partial charge in [-0.1, -0.05) is 0 Å². The average Bonchev–Trinajstić information content (AvgIpc) is 1.85. The van der Waals surface area contributed by atoms with E-state index in [9.17, 15) is 14.4 Å². The Labute approximate surface area is 61.0 Å². The Kier molecular flexibility index (Phi) is 1.59. The summed E-state index contributed by atoms with van der Waals surface area (Å²) >= 11 is 0. The van der Waals surface area contributed by atoms with E-state index in [0.29, 0.717) is 0 Å². The zero-order valence-corrected chi connectivity index (χ0v) is 5.25. The third-order valence-corrected chi connectivity index (χ3v) is 0.991. The number of aromatic carboxylic acids is 1. The van der Waals surface area contributed by atoms with Gasteiger partial charge in [-0.25, -0.2) is 9.59 Å². The normalized spacial score (nSPS) is 9.45. The quantitative estimate of drug-likeness (QED) is 0.488. The van der Waals surface area contributed by atoms with Gasteiger partial charge in [0.2, 0.25) is 0 Å². The SMILES string of the molecule is O=C(O)c1cc(=O)[nH]c(=O)[nH]1.[HH]. The minimum atomic E-state index is -1.34. The molecular weight excluding hydrogens is 152 g/mol. The number of H-pyrrole nitrogens is 2. The second-order valence-electron chi connectivity index (χ2n) is 1.81. The van der Waals surface area contributed by atoms with Crippen LogP contribution in [0, 0.1) is 0 Å².